The summed E-state index contributed by atoms with van der Waals surface area (Å²) >= 11 is 4.74. The molecule has 0 radical (unpaired) electrons. The van der Waals surface area contributed by atoms with Crippen molar-refractivity contribution in [3.05, 3.63) is 63.5 Å². The first kappa shape index (κ1) is 54.6. The fourth-order valence-corrected chi connectivity index (χ4v) is 2.66. The number of halogens is 7. The Morgan fingerprint density at radius 1 is 0.667 bits per heavy atom. The molecule has 0 unspecified atom stereocenters. The summed E-state index contributed by atoms with van der Waals surface area (Å²) in [6, 6.07) is 0. The molecule has 0 nitrogen and oxygen atoms in total. The van der Waals surface area contributed by atoms with E-state index in [1.165, 1.54) is 76.0 Å². The topological polar surface area (TPSA) is 0 Å². The maximum atomic E-state index is 5.01. The van der Waals surface area contributed by atoms with E-state index in [1.807, 2.05) is 0 Å². The minimum atomic E-state index is -3.06. The van der Waals surface area contributed by atoms with Crippen LogP contribution in [0.5, 0.6) is 0 Å². The van der Waals surface area contributed by atoms with Crippen molar-refractivity contribution in [3.63, 3.8) is 0 Å². The average Bonchev–Trinajstić information content (AvgIpc) is 3.31. The molecule has 4 rings (SSSR count). The van der Waals surface area contributed by atoms with Gasteiger partial charge >= 0.3 is 214 Å². The van der Waals surface area contributed by atoms with Gasteiger partial charge in [-0.2, -0.15) is 0 Å². The Labute approximate surface area is 341 Å². The molecule has 0 amide bonds. The van der Waals surface area contributed by atoms with E-state index in [-0.39, 0.29) is 105 Å². The standard InChI is InChI=1S/2C7H8.2CH4.2CH3.4ClH.3HI.3K.2Pt/c2*1-2-7-4-3-6(1)5-7;;;;;;;;;;;;;;;;/h2*1-4,6-7H,5H2;2*1H4;2*1H3;7*1H;;;;;/q;;;;2*-1;;;;;;;;;;+1;2*+4/p-7. The van der Waals surface area contributed by atoms with Crippen molar-refractivity contribution in [2.24, 2.45) is 23.7 Å². The Morgan fingerprint density at radius 2 is 0.767 bits per heavy atom. The fourth-order valence-electron chi connectivity index (χ4n) is 2.66. The van der Waals surface area contributed by atoms with Crippen molar-refractivity contribution < 1.29 is 98.5 Å². The van der Waals surface area contributed by atoms with Gasteiger partial charge in [-0.3, -0.25) is 0 Å². The quantitative estimate of drug-likeness (QED) is 0.151. The third kappa shape index (κ3) is 34.6. The van der Waals surface area contributed by atoms with E-state index in [0.29, 0.717) is 11.2 Å². The monoisotopic (exact) mass is 1270 g/mol. The number of rotatable bonds is 0. The second-order valence-electron chi connectivity index (χ2n) is 4.98. The molecule has 12 heteroatoms. The predicted octanol–water partition coefficient (Wildman–Crippen LogP) is 3.44. The van der Waals surface area contributed by atoms with E-state index in [4.69, 9.17) is 37.7 Å². The number of allylic oxidation sites excluding steroid dienone is 8. The maximum absolute atomic E-state index is 5.01. The van der Waals surface area contributed by atoms with Crippen LogP contribution in [-0.4, -0.2) is 63.2 Å². The molecule has 0 saturated heterocycles. The summed E-state index contributed by atoms with van der Waals surface area (Å²) in [6.07, 6.45) is 21.1. The van der Waals surface area contributed by atoms with Crippen molar-refractivity contribution in [1.29, 1.82) is 0 Å². The van der Waals surface area contributed by atoms with E-state index in [9.17, 15) is 0 Å². The van der Waals surface area contributed by atoms with E-state index in [1.54, 1.807) is 0 Å². The molecule has 0 N–H and O–H groups in total. The fraction of sp³-hybridized carbons (Fsp3) is 0.444. The van der Waals surface area contributed by atoms with Crippen LogP contribution >= 0.6 is 76.4 Å². The van der Waals surface area contributed by atoms with Crippen LogP contribution in [0.4, 0.5) is 0 Å². The van der Waals surface area contributed by atoms with Gasteiger partial charge < -0.3 is 38.8 Å². The molecular weight excluding hydrogens is 1250 g/mol. The van der Waals surface area contributed by atoms with E-state index < -0.39 is 11.9 Å². The van der Waals surface area contributed by atoms with Crippen molar-refractivity contribution in [1.82, 2.24) is 0 Å². The predicted molar refractivity (Wildman–Crippen MR) is 149 cm³/mol. The van der Waals surface area contributed by atoms with Gasteiger partial charge in [-0.15, -0.1) is 0 Å². The minimum absolute atomic E-state index is 0. The molecule has 4 bridgehead atoms. The Hall–Kier alpha value is 8.60. The van der Waals surface area contributed by atoms with Gasteiger partial charge in [0.25, 0.3) is 0 Å². The Morgan fingerprint density at radius 3 is 0.800 bits per heavy atom. The normalized spacial score (nSPS) is 23.8. The SMILES string of the molecule is C.C.C1=CC2C=CC1C2.C1=CC2C=CC1C2.[CH3-].[CH3-].[Cl][Pt]([Cl])([Cl])[Cl].[I-].[I][Pt+2][I].[K+].[K][K]. The van der Waals surface area contributed by atoms with Crippen LogP contribution in [0, 0.1) is 38.5 Å². The first-order valence-electron chi connectivity index (χ1n) is 7.35. The first-order valence-corrected chi connectivity index (χ1v) is 47.5. The summed E-state index contributed by atoms with van der Waals surface area (Å²) in [5.74, 6) is 3.24. The Bertz CT molecular complexity index is 370. The van der Waals surface area contributed by atoms with Gasteiger partial charge in [0.1, 0.15) is 0 Å². The third-order valence-corrected chi connectivity index (χ3v) is 3.51. The molecule has 0 aliphatic heterocycles. The Kier molecular flexibility index (Phi) is 64.9. The van der Waals surface area contributed by atoms with Crippen LogP contribution in [0.3, 0.4) is 0 Å². The van der Waals surface area contributed by atoms with E-state index in [0.717, 1.165) is 23.7 Å². The van der Waals surface area contributed by atoms with Crippen LogP contribution in [0.25, 0.3) is 0 Å². The van der Waals surface area contributed by atoms with Gasteiger partial charge in [0, 0.05) is 0 Å². The van der Waals surface area contributed by atoms with Crippen LogP contribution in [0.15, 0.2) is 48.6 Å². The summed E-state index contributed by atoms with van der Waals surface area (Å²) in [5, 5.41) is 0. The van der Waals surface area contributed by atoms with Crippen LogP contribution in [-0.2, 0) is 23.1 Å². The average molecular weight is 1280 g/mol. The molecule has 0 atom stereocenters. The molecule has 4 aliphatic rings. The zero-order valence-corrected chi connectivity index (χ0v) is 40.0. The number of fused-ring (bicyclic) bond motifs is 4. The second kappa shape index (κ2) is 35.6. The van der Waals surface area contributed by atoms with Crippen molar-refractivity contribution in [3.8, 4) is 0 Å². The van der Waals surface area contributed by atoms with Crippen molar-refractivity contribution in [2.75, 3.05) is 0 Å². The summed E-state index contributed by atoms with van der Waals surface area (Å²) in [6.45, 7) is 0. The molecule has 0 aromatic rings. The van der Waals surface area contributed by atoms with E-state index in [2.05, 4.69) is 87.3 Å². The van der Waals surface area contributed by atoms with Crippen molar-refractivity contribution in [2.45, 2.75) is 27.7 Å². The van der Waals surface area contributed by atoms with Gasteiger partial charge in [0.05, 0.1) is 0 Å². The molecule has 174 valence electrons. The molecule has 0 aromatic carbocycles. The van der Waals surface area contributed by atoms with Gasteiger partial charge in [0.2, 0.25) is 0 Å². The van der Waals surface area contributed by atoms with Gasteiger partial charge in [-0.05, 0) is 36.5 Å². The summed E-state index contributed by atoms with van der Waals surface area (Å²) in [4.78, 5) is 0. The molecule has 0 fully saturated rings. The Balaban J connectivity index is -0.0000000444. The molecule has 0 spiro atoms. The third-order valence-electron chi connectivity index (χ3n) is 3.51. The summed E-state index contributed by atoms with van der Waals surface area (Å²) < 4.78 is 0. The summed E-state index contributed by atoms with van der Waals surface area (Å²) in [7, 11) is 20.0. The van der Waals surface area contributed by atoms with Crippen LogP contribution in [0.1, 0.15) is 27.7 Å². The molecule has 0 heterocycles. The molecule has 4 aliphatic carbocycles. The van der Waals surface area contributed by atoms with Gasteiger partial charge in [0.15, 0.2) is 0 Å². The zero-order chi connectivity index (χ0) is 18.6. The summed E-state index contributed by atoms with van der Waals surface area (Å²) in [5.41, 5.74) is 0. The molecule has 30 heavy (non-hydrogen) atoms. The first-order chi connectivity index (χ1) is 11.3. The van der Waals surface area contributed by atoms with E-state index >= 15 is 0 Å². The zero-order valence-electron chi connectivity index (χ0n) is 16.6. The number of hydrogen-bond acceptors (Lipinski definition) is 0. The molecular formula is C18H30Cl4I3K3Pt2. The molecule has 0 saturated carbocycles. The van der Waals surface area contributed by atoms with Crippen LogP contribution in [0.2, 0.25) is 0 Å². The second-order valence-corrected chi connectivity index (χ2v) is 41.3. The van der Waals surface area contributed by atoms with Gasteiger partial charge in [-0.1, -0.05) is 63.5 Å². The van der Waals surface area contributed by atoms with Crippen molar-refractivity contribution >= 4 is 140 Å². The number of hydrogen-bond donors (Lipinski definition) is 0. The van der Waals surface area contributed by atoms with Crippen LogP contribution < -0.4 is 75.4 Å². The molecule has 0 aromatic heterocycles. The van der Waals surface area contributed by atoms with Gasteiger partial charge in [-0.25, -0.2) is 0 Å².